The Hall–Kier alpha value is -2.27. The second-order valence-electron chi connectivity index (χ2n) is 5.25. The van der Waals surface area contributed by atoms with Crippen molar-refractivity contribution in [3.8, 4) is 11.5 Å². The third-order valence-corrected chi connectivity index (χ3v) is 3.86. The number of benzene rings is 2. The summed E-state index contributed by atoms with van der Waals surface area (Å²) in [6.45, 7) is 4.39. The molecule has 1 aliphatic rings. The zero-order valence-corrected chi connectivity index (χ0v) is 13.4. The number of para-hydroxylation sites is 1. The molecule has 2 aromatic carbocycles. The fraction of sp³-hybridized carbons (Fsp3) is 0.235. The first-order valence-electron chi connectivity index (χ1n) is 7.16. The molecule has 0 aromatic heterocycles. The van der Waals surface area contributed by atoms with E-state index in [1.54, 1.807) is 0 Å². The van der Waals surface area contributed by atoms with Crippen molar-refractivity contribution in [2.24, 2.45) is 0 Å². The summed E-state index contributed by atoms with van der Waals surface area (Å²) in [6, 6.07) is 14.0. The molecular weight excluding hydrogens is 296 g/mol. The van der Waals surface area contributed by atoms with Gasteiger partial charge in [0.15, 0.2) is 16.6 Å². The first-order valence-corrected chi connectivity index (χ1v) is 7.57. The summed E-state index contributed by atoms with van der Waals surface area (Å²) in [4.78, 5) is 0. The van der Waals surface area contributed by atoms with Gasteiger partial charge in [0, 0.05) is 5.69 Å². The summed E-state index contributed by atoms with van der Waals surface area (Å²) in [5.74, 6) is 1.57. The van der Waals surface area contributed by atoms with Gasteiger partial charge in [0.2, 0.25) is 6.79 Å². The number of thiocarbonyl (C=S) groups is 1. The Morgan fingerprint density at radius 2 is 1.91 bits per heavy atom. The molecule has 5 heteroatoms. The molecule has 1 unspecified atom stereocenters. The molecule has 0 bridgehead atoms. The van der Waals surface area contributed by atoms with E-state index in [9.17, 15) is 0 Å². The summed E-state index contributed by atoms with van der Waals surface area (Å²) in [6.07, 6.45) is 0. The molecule has 0 aliphatic carbocycles. The zero-order valence-electron chi connectivity index (χ0n) is 12.6. The first-order chi connectivity index (χ1) is 10.6. The van der Waals surface area contributed by atoms with Crippen molar-refractivity contribution in [1.82, 2.24) is 5.32 Å². The largest absolute Gasteiger partial charge is 0.454 e. The second kappa shape index (κ2) is 6.23. The molecule has 1 aliphatic heterocycles. The van der Waals surface area contributed by atoms with Gasteiger partial charge in [-0.15, -0.1) is 0 Å². The number of hydrogen-bond donors (Lipinski definition) is 2. The van der Waals surface area contributed by atoms with Crippen LogP contribution in [0.25, 0.3) is 0 Å². The van der Waals surface area contributed by atoms with Crippen molar-refractivity contribution in [3.05, 3.63) is 53.6 Å². The highest BCUT2D eigenvalue weighted by molar-refractivity contribution is 7.80. The average molecular weight is 314 g/mol. The maximum atomic E-state index is 5.41. The lowest BCUT2D eigenvalue weighted by molar-refractivity contribution is 0.174. The fourth-order valence-corrected chi connectivity index (χ4v) is 2.62. The van der Waals surface area contributed by atoms with Gasteiger partial charge in [-0.1, -0.05) is 24.3 Å². The number of aryl methyl sites for hydroxylation is 1. The van der Waals surface area contributed by atoms with Gasteiger partial charge in [-0.25, -0.2) is 0 Å². The number of rotatable bonds is 3. The van der Waals surface area contributed by atoms with Gasteiger partial charge in [-0.05, 0) is 55.4 Å². The Morgan fingerprint density at radius 3 is 2.73 bits per heavy atom. The highest BCUT2D eigenvalue weighted by Crippen LogP contribution is 2.34. The Labute approximate surface area is 135 Å². The molecule has 0 fully saturated rings. The van der Waals surface area contributed by atoms with Crippen molar-refractivity contribution in [2.45, 2.75) is 19.9 Å². The van der Waals surface area contributed by atoms with E-state index < -0.39 is 0 Å². The summed E-state index contributed by atoms with van der Waals surface area (Å²) < 4.78 is 10.7. The predicted molar refractivity (Wildman–Crippen MR) is 91.5 cm³/mol. The molecule has 0 radical (unpaired) electrons. The second-order valence-corrected chi connectivity index (χ2v) is 5.66. The fourth-order valence-electron chi connectivity index (χ4n) is 2.33. The van der Waals surface area contributed by atoms with E-state index in [-0.39, 0.29) is 12.8 Å². The Kier molecular flexibility index (Phi) is 4.15. The molecule has 1 heterocycles. The van der Waals surface area contributed by atoms with Crippen molar-refractivity contribution in [2.75, 3.05) is 12.1 Å². The molecule has 3 rings (SSSR count). The van der Waals surface area contributed by atoms with Crippen LogP contribution in [0.15, 0.2) is 42.5 Å². The number of ether oxygens (including phenoxy) is 2. The smallest absolute Gasteiger partial charge is 0.231 e. The lowest BCUT2D eigenvalue weighted by Gasteiger charge is -2.18. The SMILES string of the molecule is Cc1ccccc1NC(=S)NC(C)c1ccc2c(c1)OCO2. The molecule has 0 spiro atoms. The molecule has 4 nitrogen and oxygen atoms in total. The third-order valence-electron chi connectivity index (χ3n) is 3.64. The van der Waals surface area contributed by atoms with E-state index in [0.717, 1.165) is 28.3 Å². The maximum absolute atomic E-state index is 5.41. The molecule has 22 heavy (non-hydrogen) atoms. The van der Waals surface area contributed by atoms with Crippen molar-refractivity contribution in [1.29, 1.82) is 0 Å². The van der Waals surface area contributed by atoms with E-state index in [4.69, 9.17) is 21.7 Å². The maximum Gasteiger partial charge on any atom is 0.231 e. The van der Waals surface area contributed by atoms with Gasteiger partial charge in [0.05, 0.1) is 6.04 Å². The minimum atomic E-state index is 0.0681. The molecular formula is C17H18N2O2S. The lowest BCUT2D eigenvalue weighted by atomic mass is 10.1. The van der Waals surface area contributed by atoms with Crippen molar-refractivity contribution < 1.29 is 9.47 Å². The van der Waals surface area contributed by atoms with Crippen LogP contribution >= 0.6 is 12.2 Å². The van der Waals surface area contributed by atoms with Gasteiger partial charge < -0.3 is 20.1 Å². The average Bonchev–Trinajstić information content (AvgIpc) is 2.97. The van der Waals surface area contributed by atoms with Crippen LogP contribution < -0.4 is 20.1 Å². The minimum absolute atomic E-state index is 0.0681. The molecule has 0 saturated carbocycles. The van der Waals surface area contributed by atoms with E-state index in [1.807, 2.05) is 49.4 Å². The van der Waals surface area contributed by atoms with Crippen LogP contribution in [-0.4, -0.2) is 11.9 Å². The van der Waals surface area contributed by atoms with Crippen LogP contribution in [-0.2, 0) is 0 Å². The van der Waals surface area contributed by atoms with Gasteiger partial charge in [0.1, 0.15) is 0 Å². The number of hydrogen-bond acceptors (Lipinski definition) is 3. The monoisotopic (exact) mass is 314 g/mol. The van der Waals surface area contributed by atoms with Crippen LogP contribution in [0.2, 0.25) is 0 Å². The quantitative estimate of drug-likeness (QED) is 0.844. The summed E-state index contributed by atoms with van der Waals surface area (Å²) in [5.41, 5.74) is 3.26. The normalized spacial score (nSPS) is 13.5. The zero-order chi connectivity index (χ0) is 15.5. The number of anilines is 1. The molecule has 0 amide bonds. The van der Waals surface area contributed by atoms with Gasteiger partial charge in [-0.3, -0.25) is 0 Å². The van der Waals surface area contributed by atoms with E-state index >= 15 is 0 Å². The van der Waals surface area contributed by atoms with Gasteiger partial charge >= 0.3 is 0 Å². The lowest BCUT2D eigenvalue weighted by Crippen LogP contribution is -2.31. The van der Waals surface area contributed by atoms with Crippen LogP contribution in [0.3, 0.4) is 0 Å². The topological polar surface area (TPSA) is 42.5 Å². The Morgan fingerprint density at radius 1 is 1.14 bits per heavy atom. The molecule has 2 aromatic rings. The minimum Gasteiger partial charge on any atom is -0.454 e. The van der Waals surface area contributed by atoms with E-state index in [0.29, 0.717) is 5.11 Å². The van der Waals surface area contributed by atoms with Crippen LogP contribution in [0.1, 0.15) is 24.1 Å². The first kappa shape index (κ1) is 14.7. The predicted octanol–water partition coefficient (Wildman–Crippen LogP) is 3.77. The standard InChI is InChI=1S/C17H18N2O2S/c1-11-5-3-4-6-14(11)19-17(22)18-12(2)13-7-8-15-16(9-13)21-10-20-15/h3-9,12H,10H2,1-2H3,(H2,18,19,22). The van der Waals surface area contributed by atoms with E-state index in [1.165, 1.54) is 0 Å². The Bertz CT molecular complexity index is 703. The number of nitrogens with one attached hydrogen (secondary N) is 2. The third kappa shape index (κ3) is 3.14. The highest BCUT2D eigenvalue weighted by Gasteiger charge is 2.16. The highest BCUT2D eigenvalue weighted by atomic mass is 32.1. The molecule has 1 atom stereocenters. The van der Waals surface area contributed by atoms with Gasteiger partial charge in [-0.2, -0.15) is 0 Å². The van der Waals surface area contributed by atoms with Crippen molar-refractivity contribution >= 4 is 23.0 Å². The molecule has 2 N–H and O–H groups in total. The van der Waals surface area contributed by atoms with Crippen LogP contribution in [0.4, 0.5) is 5.69 Å². The summed E-state index contributed by atoms with van der Waals surface area (Å²) >= 11 is 5.39. The van der Waals surface area contributed by atoms with Crippen molar-refractivity contribution in [3.63, 3.8) is 0 Å². The van der Waals surface area contributed by atoms with Crippen LogP contribution in [0.5, 0.6) is 11.5 Å². The van der Waals surface area contributed by atoms with E-state index in [2.05, 4.69) is 17.6 Å². The molecule has 0 saturated heterocycles. The molecule has 114 valence electrons. The van der Waals surface area contributed by atoms with Crippen LogP contribution in [0, 0.1) is 6.92 Å². The van der Waals surface area contributed by atoms with Gasteiger partial charge in [0.25, 0.3) is 0 Å². The Balaban J connectivity index is 1.65. The summed E-state index contributed by atoms with van der Waals surface area (Å²) in [7, 11) is 0. The number of fused-ring (bicyclic) bond motifs is 1. The summed E-state index contributed by atoms with van der Waals surface area (Å²) in [5, 5.41) is 7.11.